The number of ether oxygens (including phenoxy) is 2. The molecule has 2 amide bonds. The number of benzene rings is 1. The highest BCUT2D eigenvalue weighted by molar-refractivity contribution is 7.80. The van der Waals surface area contributed by atoms with Gasteiger partial charge in [0.25, 0.3) is 5.17 Å². The summed E-state index contributed by atoms with van der Waals surface area (Å²) >= 11 is 4.86. The second-order valence-electron chi connectivity index (χ2n) is 6.95. The van der Waals surface area contributed by atoms with Crippen LogP contribution in [-0.2, 0) is 14.3 Å². The van der Waals surface area contributed by atoms with Crippen molar-refractivity contribution >= 4 is 40.8 Å². The predicted molar refractivity (Wildman–Crippen MR) is 111 cm³/mol. The Morgan fingerprint density at radius 1 is 1.32 bits per heavy atom. The largest absolute Gasteiger partial charge is 0.474 e. The minimum absolute atomic E-state index is 0.0448. The molecular formula is C19H21F2N5O4S. The number of halogens is 2. The van der Waals surface area contributed by atoms with Crippen LogP contribution in [0.15, 0.2) is 12.1 Å². The van der Waals surface area contributed by atoms with E-state index in [4.69, 9.17) is 27.0 Å². The van der Waals surface area contributed by atoms with Crippen LogP contribution < -0.4 is 15.1 Å². The van der Waals surface area contributed by atoms with Gasteiger partial charge in [0, 0.05) is 38.3 Å². The number of nitrogens with zero attached hydrogens (tertiary/aromatic N) is 4. The number of hydrogen-bond donors (Lipinski definition) is 1. The van der Waals surface area contributed by atoms with E-state index < -0.39 is 23.8 Å². The Balaban J connectivity index is 1.67. The number of carbonyl (C=O) groups excluding carboxylic acids is 2. The molecule has 1 aromatic carbocycles. The summed E-state index contributed by atoms with van der Waals surface area (Å²) in [4.78, 5) is 28.1. The minimum atomic E-state index is -0.818. The summed E-state index contributed by atoms with van der Waals surface area (Å²) in [6.45, 7) is 1.27. The lowest BCUT2D eigenvalue weighted by atomic mass is 10.2. The molecule has 0 aromatic heterocycles. The zero-order valence-electron chi connectivity index (χ0n) is 16.8. The number of anilines is 2. The van der Waals surface area contributed by atoms with Gasteiger partial charge in [0.05, 0.1) is 32.0 Å². The maximum atomic E-state index is 14.8. The molecule has 1 unspecified atom stereocenters. The van der Waals surface area contributed by atoms with Crippen LogP contribution in [0.4, 0.5) is 25.0 Å². The highest BCUT2D eigenvalue weighted by Crippen LogP contribution is 2.31. The van der Waals surface area contributed by atoms with Crippen LogP contribution in [0.25, 0.3) is 0 Å². The maximum Gasteiger partial charge on any atom is 0.414 e. The molecule has 2 fully saturated rings. The Labute approximate surface area is 183 Å². The first-order valence-corrected chi connectivity index (χ1v) is 9.93. The predicted octanol–water partition coefficient (Wildman–Crippen LogP) is 1.37. The third-order valence-corrected chi connectivity index (χ3v) is 5.34. The SMILES string of the molecule is COC(=S)NCC1CN(c2cc(F)c(N3CCN(C(=O)CC#N)CC3)c(F)c2)C(=O)O1. The van der Waals surface area contributed by atoms with Crippen LogP contribution in [0.2, 0.25) is 0 Å². The fraction of sp³-hybridized carbons (Fsp3) is 0.474. The molecule has 9 nitrogen and oxygen atoms in total. The second-order valence-corrected chi connectivity index (χ2v) is 7.32. The molecule has 0 bridgehead atoms. The fourth-order valence-corrected chi connectivity index (χ4v) is 3.56. The van der Waals surface area contributed by atoms with E-state index >= 15 is 0 Å². The first kappa shape index (κ1) is 22.5. The van der Waals surface area contributed by atoms with Crippen LogP contribution in [-0.4, -0.2) is 74.6 Å². The smallest absolute Gasteiger partial charge is 0.414 e. The molecule has 2 saturated heterocycles. The van der Waals surface area contributed by atoms with E-state index in [1.807, 2.05) is 0 Å². The number of thiocarbonyl (C=S) groups is 1. The third-order valence-electron chi connectivity index (χ3n) is 5.03. The van der Waals surface area contributed by atoms with Crippen molar-refractivity contribution < 1.29 is 27.8 Å². The summed E-state index contributed by atoms with van der Waals surface area (Å²) in [7, 11) is 1.40. The maximum absolute atomic E-state index is 14.8. The summed E-state index contributed by atoms with van der Waals surface area (Å²) in [6.07, 6.45) is -1.51. The summed E-state index contributed by atoms with van der Waals surface area (Å²) in [5, 5.41) is 11.5. The van der Waals surface area contributed by atoms with Crippen LogP contribution in [0.1, 0.15) is 6.42 Å². The number of hydrogen-bond acceptors (Lipinski definition) is 7. The number of nitrogens with one attached hydrogen (secondary N) is 1. The molecule has 0 spiro atoms. The lowest BCUT2D eigenvalue weighted by Crippen LogP contribution is -2.49. The standard InChI is InChI=1S/C19H21F2N5O4S/c1-29-18(31)23-10-13-11-26(19(28)30-13)12-8-14(20)17(15(21)9-12)25-6-4-24(5-7-25)16(27)2-3-22/h8-9,13H,2,4-7,10-11H2,1H3,(H,23,31). The van der Waals surface area contributed by atoms with E-state index in [1.54, 1.807) is 6.07 Å². The van der Waals surface area contributed by atoms with Gasteiger partial charge in [-0.05, 0) is 12.2 Å². The Morgan fingerprint density at radius 3 is 2.55 bits per heavy atom. The molecule has 0 radical (unpaired) electrons. The van der Waals surface area contributed by atoms with Gasteiger partial charge >= 0.3 is 6.09 Å². The van der Waals surface area contributed by atoms with Crippen molar-refractivity contribution in [1.82, 2.24) is 10.2 Å². The van der Waals surface area contributed by atoms with Crippen LogP contribution in [0.5, 0.6) is 0 Å². The molecule has 0 saturated carbocycles. The topological polar surface area (TPSA) is 98.1 Å². The van der Waals surface area contributed by atoms with Gasteiger partial charge in [-0.2, -0.15) is 5.26 Å². The molecule has 1 N–H and O–H groups in total. The van der Waals surface area contributed by atoms with E-state index in [1.165, 1.54) is 16.9 Å². The zero-order valence-corrected chi connectivity index (χ0v) is 17.6. The summed E-state index contributed by atoms with van der Waals surface area (Å²) < 4.78 is 39.6. The number of rotatable bonds is 5. The van der Waals surface area contributed by atoms with Crippen molar-refractivity contribution in [2.45, 2.75) is 12.5 Å². The van der Waals surface area contributed by atoms with Gasteiger partial charge in [-0.15, -0.1) is 0 Å². The van der Waals surface area contributed by atoms with Crippen molar-refractivity contribution in [1.29, 1.82) is 5.26 Å². The Bertz CT molecular complexity index is 894. The van der Waals surface area contributed by atoms with Crippen molar-refractivity contribution in [3.8, 4) is 6.07 Å². The van der Waals surface area contributed by atoms with E-state index in [-0.39, 0.29) is 68.1 Å². The summed E-state index contributed by atoms with van der Waals surface area (Å²) in [6, 6.07) is 3.97. The highest BCUT2D eigenvalue weighted by Gasteiger charge is 2.34. The van der Waals surface area contributed by atoms with Crippen molar-refractivity contribution in [2.24, 2.45) is 0 Å². The van der Waals surface area contributed by atoms with E-state index in [0.29, 0.717) is 0 Å². The molecule has 2 heterocycles. The molecule has 12 heteroatoms. The Kier molecular flexibility index (Phi) is 7.06. The normalized spacial score (nSPS) is 18.5. The van der Waals surface area contributed by atoms with Gasteiger partial charge in [0.15, 0.2) is 11.6 Å². The zero-order chi connectivity index (χ0) is 22.5. The number of amides is 2. The van der Waals surface area contributed by atoms with Gasteiger partial charge < -0.3 is 24.6 Å². The molecule has 2 aliphatic rings. The van der Waals surface area contributed by atoms with E-state index in [0.717, 1.165) is 17.0 Å². The molecule has 1 atom stereocenters. The molecular weight excluding hydrogens is 432 g/mol. The molecule has 0 aliphatic carbocycles. The van der Waals surface area contributed by atoms with Crippen LogP contribution in [0.3, 0.4) is 0 Å². The van der Waals surface area contributed by atoms with Gasteiger partial charge in [0.1, 0.15) is 18.2 Å². The third kappa shape index (κ3) is 5.11. The lowest BCUT2D eigenvalue weighted by Gasteiger charge is -2.36. The van der Waals surface area contributed by atoms with Crippen molar-refractivity contribution in [3.63, 3.8) is 0 Å². The lowest BCUT2D eigenvalue weighted by molar-refractivity contribution is -0.130. The molecule has 3 rings (SSSR count). The summed E-state index contributed by atoms with van der Waals surface area (Å²) in [5.41, 5.74) is -0.171. The number of methoxy groups -OCH3 is 1. The van der Waals surface area contributed by atoms with E-state index in [9.17, 15) is 18.4 Å². The number of carbonyl (C=O) groups is 2. The van der Waals surface area contributed by atoms with Crippen molar-refractivity contribution in [2.75, 3.05) is 56.2 Å². The average molecular weight is 453 g/mol. The Hall–Kier alpha value is -3.20. The minimum Gasteiger partial charge on any atom is -0.474 e. The van der Waals surface area contributed by atoms with Crippen LogP contribution in [0, 0.1) is 23.0 Å². The first-order chi connectivity index (χ1) is 14.8. The highest BCUT2D eigenvalue weighted by atomic mass is 32.1. The van der Waals surface area contributed by atoms with Gasteiger partial charge in [-0.3, -0.25) is 9.69 Å². The number of nitriles is 1. The molecule has 166 valence electrons. The van der Waals surface area contributed by atoms with E-state index in [2.05, 4.69) is 5.32 Å². The molecule has 2 aliphatic heterocycles. The first-order valence-electron chi connectivity index (χ1n) is 9.52. The van der Waals surface area contributed by atoms with Gasteiger partial charge in [-0.1, -0.05) is 0 Å². The van der Waals surface area contributed by atoms with Gasteiger partial charge in [-0.25, -0.2) is 13.6 Å². The van der Waals surface area contributed by atoms with Crippen LogP contribution >= 0.6 is 12.2 Å². The second kappa shape index (κ2) is 9.74. The van der Waals surface area contributed by atoms with Gasteiger partial charge in [0.2, 0.25) is 5.91 Å². The number of cyclic esters (lactones) is 1. The fourth-order valence-electron chi connectivity index (χ4n) is 3.48. The number of piperazine rings is 1. The molecule has 1 aromatic rings. The summed E-state index contributed by atoms with van der Waals surface area (Å²) in [5.74, 6) is -1.94. The monoisotopic (exact) mass is 453 g/mol. The van der Waals surface area contributed by atoms with Crippen molar-refractivity contribution in [3.05, 3.63) is 23.8 Å². The Morgan fingerprint density at radius 2 is 1.97 bits per heavy atom. The quantitative estimate of drug-likeness (QED) is 0.668. The molecule has 31 heavy (non-hydrogen) atoms. The average Bonchev–Trinajstić information content (AvgIpc) is 3.12.